The average molecular weight is 490 g/mol. The van der Waals surface area contributed by atoms with Gasteiger partial charge in [0.2, 0.25) is 0 Å². The van der Waals surface area contributed by atoms with Crippen LogP contribution in [0.15, 0.2) is 42.7 Å². The van der Waals surface area contributed by atoms with Gasteiger partial charge in [-0.05, 0) is 54.4 Å². The van der Waals surface area contributed by atoms with Crippen LogP contribution in [0.5, 0.6) is 0 Å². The molecule has 190 valence electrons. The van der Waals surface area contributed by atoms with E-state index in [0.717, 1.165) is 46.5 Å². The fourth-order valence-electron chi connectivity index (χ4n) is 5.66. The van der Waals surface area contributed by atoms with Crippen molar-refractivity contribution in [2.45, 2.75) is 63.5 Å². The summed E-state index contributed by atoms with van der Waals surface area (Å²) in [6, 6.07) is 9.20. The van der Waals surface area contributed by atoms with E-state index in [-0.39, 0.29) is 17.4 Å². The zero-order valence-electron chi connectivity index (χ0n) is 21.4. The highest BCUT2D eigenvalue weighted by molar-refractivity contribution is 5.91. The summed E-state index contributed by atoms with van der Waals surface area (Å²) in [5.74, 6) is 0.187. The molecule has 1 saturated heterocycles. The van der Waals surface area contributed by atoms with Crippen LogP contribution < -0.4 is 10.6 Å². The zero-order chi connectivity index (χ0) is 25.4. The van der Waals surface area contributed by atoms with Crippen LogP contribution in [-0.4, -0.2) is 45.2 Å². The summed E-state index contributed by atoms with van der Waals surface area (Å²) in [7, 11) is 1.89. The molecule has 8 nitrogen and oxygen atoms in total. The second kappa shape index (κ2) is 9.67. The van der Waals surface area contributed by atoms with Gasteiger partial charge in [-0.15, -0.1) is 0 Å². The summed E-state index contributed by atoms with van der Waals surface area (Å²) in [5.41, 5.74) is 6.29. The number of rotatable bonds is 4. The van der Waals surface area contributed by atoms with Crippen LogP contribution in [-0.2, 0) is 17.2 Å². The van der Waals surface area contributed by atoms with E-state index < -0.39 is 12.1 Å². The van der Waals surface area contributed by atoms with Crippen LogP contribution in [0.3, 0.4) is 0 Å². The first-order chi connectivity index (χ1) is 17.2. The predicted octanol–water partition coefficient (Wildman–Crippen LogP) is 4.59. The Morgan fingerprint density at radius 1 is 1.22 bits per heavy atom. The van der Waals surface area contributed by atoms with Gasteiger partial charge in [-0.3, -0.25) is 4.68 Å². The van der Waals surface area contributed by atoms with Gasteiger partial charge in [0.1, 0.15) is 0 Å². The van der Waals surface area contributed by atoms with Crippen LogP contribution in [0.1, 0.15) is 67.5 Å². The lowest BCUT2D eigenvalue weighted by Crippen LogP contribution is -2.45. The maximum atomic E-state index is 13.3. The number of anilines is 1. The van der Waals surface area contributed by atoms with Gasteiger partial charge in [0.25, 0.3) is 0 Å². The molecular weight excluding hydrogens is 454 g/mol. The number of ether oxygens (including phenoxy) is 1. The number of hydrogen-bond donors (Lipinski definition) is 3. The molecule has 2 aliphatic rings. The van der Waals surface area contributed by atoms with E-state index in [1.807, 2.05) is 50.6 Å². The fraction of sp³-hybridized carbons (Fsp3) is 0.464. The molecule has 3 heterocycles. The molecule has 0 radical (unpaired) electrons. The second-order valence-corrected chi connectivity index (χ2v) is 10.7. The van der Waals surface area contributed by atoms with Crippen molar-refractivity contribution in [1.29, 1.82) is 0 Å². The van der Waals surface area contributed by atoms with E-state index in [4.69, 9.17) is 9.72 Å². The molecule has 3 aromatic rings. The molecule has 0 saturated carbocycles. The number of aliphatic hydroxyl groups is 1. The predicted molar refractivity (Wildman–Crippen MR) is 139 cm³/mol. The van der Waals surface area contributed by atoms with Crippen molar-refractivity contribution in [3.05, 3.63) is 65.1 Å². The Morgan fingerprint density at radius 3 is 2.69 bits per heavy atom. The third-order valence-corrected chi connectivity index (χ3v) is 7.49. The largest absolute Gasteiger partial charge is 0.391 e. The molecule has 3 N–H and O–H groups in total. The van der Waals surface area contributed by atoms with E-state index in [9.17, 15) is 9.90 Å². The molecule has 1 aliphatic heterocycles. The minimum Gasteiger partial charge on any atom is -0.391 e. The number of pyridine rings is 1. The number of amides is 2. The van der Waals surface area contributed by atoms with Gasteiger partial charge in [-0.2, -0.15) is 5.10 Å². The number of urea groups is 1. The SMILES string of the molecule is Cc1cc(NC(=O)N[C@@H]2c3ccccc3C(C)(C)C[C@H]2O)c(C2CCOCC2)nc1-c1cnn(C)c1. The lowest BCUT2D eigenvalue weighted by atomic mass is 9.70. The molecule has 1 aliphatic carbocycles. The summed E-state index contributed by atoms with van der Waals surface area (Å²) >= 11 is 0. The highest BCUT2D eigenvalue weighted by Crippen LogP contribution is 2.42. The molecule has 2 atom stereocenters. The Hall–Kier alpha value is -3.23. The number of nitrogens with zero attached hydrogens (tertiary/aromatic N) is 3. The number of carbonyl (C=O) groups is 1. The van der Waals surface area contributed by atoms with Gasteiger partial charge in [-0.25, -0.2) is 9.78 Å². The average Bonchev–Trinajstić information content (AvgIpc) is 3.28. The van der Waals surface area contributed by atoms with Gasteiger partial charge < -0.3 is 20.5 Å². The smallest absolute Gasteiger partial charge is 0.319 e. The van der Waals surface area contributed by atoms with Gasteiger partial charge in [0.15, 0.2) is 0 Å². The molecular formula is C28H35N5O3. The first kappa shape index (κ1) is 24.5. The first-order valence-electron chi connectivity index (χ1n) is 12.7. The normalized spacial score (nSPS) is 21.6. The lowest BCUT2D eigenvalue weighted by Gasteiger charge is -2.40. The maximum Gasteiger partial charge on any atom is 0.319 e. The van der Waals surface area contributed by atoms with Crippen molar-refractivity contribution < 1.29 is 14.6 Å². The number of aliphatic hydroxyl groups excluding tert-OH is 1. The number of aromatic nitrogens is 3. The lowest BCUT2D eigenvalue weighted by molar-refractivity contribution is 0.0846. The summed E-state index contributed by atoms with van der Waals surface area (Å²) in [6.45, 7) is 7.60. The second-order valence-electron chi connectivity index (χ2n) is 10.7. The molecule has 1 fully saturated rings. The molecule has 8 heteroatoms. The molecule has 0 bridgehead atoms. The standard InChI is InChI=1S/C28H35N5O3/c1-17-13-22(25(18-9-11-36-12-10-18)31-24(17)19-15-29-33(4)16-19)30-27(35)32-26-20-7-5-6-8-21(20)28(2,3)14-23(26)34/h5-8,13,15-16,18,23,26,34H,9-12,14H2,1-4H3,(H2,30,32,35)/t23-,26-/m1/s1. The van der Waals surface area contributed by atoms with Crippen LogP contribution in [0.4, 0.5) is 10.5 Å². The molecule has 36 heavy (non-hydrogen) atoms. The third-order valence-electron chi connectivity index (χ3n) is 7.49. The quantitative estimate of drug-likeness (QED) is 0.498. The molecule has 2 aromatic heterocycles. The van der Waals surface area contributed by atoms with Crippen LogP contribution in [0.2, 0.25) is 0 Å². The Labute approximate surface area is 212 Å². The highest BCUT2D eigenvalue weighted by atomic mass is 16.5. The number of benzene rings is 1. The Balaban J connectivity index is 1.44. The molecule has 5 rings (SSSR count). The van der Waals surface area contributed by atoms with Crippen LogP contribution >= 0.6 is 0 Å². The molecule has 0 unspecified atom stereocenters. The molecule has 0 spiro atoms. The van der Waals surface area contributed by atoms with Crippen LogP contribution in [0, 0.1) is 6.92 Å². The fourth-order valence-corrected chi connectivity index (χ4v) is 5.66. The van der Waals surface area contributed by atoms with Crippen molar-refractivity contribution >= 4 is 11.7 Å². The van der Waals surface area contributed by atoms with Crippen molar-refractivity contribution in [2.24, 2.45) is 7.05 Å². The van der Waals surface area contributed by atoms with Crippen molar-refractivity contribution in [1.82, 2.24) is 20.1 Å². The van der Waals surface area contributed by atoms with Gasteiger partial charge in [-0.1, -0.05) is 38.1 Å². The minimum absolute atomic E-state index is 0.163. The van der Waals surface area contributed by atoms with E-state index in [1.54, 1.807) is 4.68 Å². The van der Waals surface area contributed by atoms with E-state index >= 15 is 0 Å². The maximum absolute atomic E-state index is 13.3. The van der Waals surface area contributed by atoms with E-state index in [2.05, 4.69) is 35.6 Å². The Bertz CT molecular complexity index is 1260. The van der Waals surface area contributed by atoms with Crippen LogP contribution in [0.25, 0.3) is 11.3 Å². The summed E-state index contributed by atoms with van der Waals surface area (Å²) in [5, 5.41) is 21.4. The van der Waals surface area contributed by atoms with Crippen molar-refractivity contribution in [2.75, 3.05) is 18.5 Å². The highest BCUT2D eigenvalue weighted by Gasteiger charge is 2.39. The summed E-state index contributed by atoms with van der Waals surface area (Å²) in [6.07, 6.45) is 5.36. The number of fused-ring (bicyclic) bond motifs is 1. The zero-order valence-corrected chi connectivity index (χ0v) is 21.4. The number of hydrogen-bond acceptors (Lipinski definition) is 5. The van der Waals surface area contributed by atoms with E-state index in [1.165, 1.54) is 0 Å². The number of nitrogens with one attached hydrogen (secondary N) is 2. The third kappa shape index (κ3) is 4.75. The van der Waals surface area contributed by atoms with Crippen molar-refractivity contribution in [3.63, 3.8) is 0 Å². The first-order valence-corrected chi connectivity index (χ1v) is 12.7. The summed E-state index contributed by atoms with van der Waals surface area (Å²) in [4.78, 5) is 18.4. The molecule has 1 aromatic carbocycles. The van der Waals surface area contributed by atoms with E-state index in [0.29, 0.717) is 25.3 Å². The van der Waals surface area contributed by atoms with Gasteiger partial charge in [0.05, 0.1) is 35.4 Å². The molecule has 2 amide bonds. The number of carbonyl (C=O) groups excluding carboxylic acids is 1. The summed E-state index contributed by atoms with van der Waals surface area (Å²) < 4.78 is 7.34. The Kier molecular flexibility index (Phi) is 6.57. The van der Waals surface area contributed by atoms with Gasteiger partial charge >= 0.3 is 6.03 Å². The minimum atomic E-state index is -0.677. The van der Waals surface area contributed by atoms with Gasteiger partial charge in [0, 0.05) is 37.9 Å². The monoisotopic (exact) mass is 489 g/mol. The number of aryl methyl sites for hydroxylation is 2. The topological polar surface area (TPSA) is 101 Å². The van der Waals surface area contributed by atoms with Crippen molar-refractivity contribution in [3.8, 4) is 11.3 Å². The Morgan fingerprint density at radius 2 is 1.97 bits per heavy atom.